The van der Waals surface area contributed by atoms with Gasteiger partial charge in [-0.3, -0.25) is 0 Å². The monoisotopic (exact) mass is 266 g/mol. The van der Waals surface area contributed by atoms with Gasteiger partial charge in [0.15, 0.2) is 0 Å². The van der Waals surface area contributed by atoms with Gasteiger partial charge < -0.3 is 5.11 Å². The highest BCUT2D eigenvalue weighted by molar-refractivity contribution is 6.28. The topological polar surface area (TPSA) is 63.1 Å². The van der Waals surface area contributed by atoms with E-state index in [2.05, 4.69) is 9.97 Å². The van der Waals surface area contributed by atoms with Gasteiger partial charge in [-0.2, -0.15) is 0 Å². The number of benzene rings is 1. The molecule has 1 heterocycles. The standard InChI is InChI=1S/C12H8ClFN2O2/c1-6-5-15-12(13)16-10(6)7-3-2-4-8(9(7)14)11(17)18/h2-5H,1H3,(H,17,18). The number of aryl methyl sites for hydroxylation is 1. The van der Waals surface area contributed by atoms with E-state index < -0.39 is 17.3 Å². The van der Waals surface area contributed by atoms with Crippen molar-refractivity contribution in [1.82, 2.24) is 9.97 Å². The number of halogens is 2. The molecule has 0 radical (unpaired) electrons. The van der Waals surface area contributed by atoms with Crippen LogP contribution in [0.25, 0.3) is 11.3 Å². The molecule has 0 aliphatic heterocycles. The number of carbonyl (C=O) groups is 1. The number of aromatic carboxylic acids is 1. The maximum atomic E-state index is 14.0. The van der Waals surface area contributed by atoms with Gasteiger partial charge in [0.1, 0.15) is 5.82 Å². The maximum Gasteiger partial charge on any atom is 0.338 e. The molecule has 2 aromatic rings. The minimum absolute atomic E-state index is 0.0178. The Morgan fingerprint density at radius 1 is 1.44 bits per heavy atom. The molecule has 0 spiro atoms. The Labute approximate surface area is 107 Å². The largest absolute Gasteiger partial charge is 0.478 e. The average molecular weight is 267 g/mol. The molecule has 0 aliphatic rings. The Bertz CT molecular complexity index is 631. The Morgan fingerprint density at radius 2 is 2.17 bits per heavy atom. The summed E-state index contributed by atoms with van der Waals surface area (Å²) < 4.78 is 14.0. The van der Waals surface area contributed by atoms with E-state index in [4.69, 9.17) is 16.7 Å². The van der Waals surface area contributed by atoms with E-state index >= 15 is 0 Å². The fourth-order valence-electron chi connectivity index (χ4n) is 1.57. The van der Waals surface area contributed by atoms with E-state index in [1.54, 1.807) is 6.92 Å². The zero-order chi connectivity index (χ0) is 13.3. The number of hydrogen-bond acceptors (Lipinski definition) is 3. The molecule has 92 valence electrons. The highest BCUT2D eigenvalue weighted by Crippen LogP contribution is 2.26. The maximum absolute atomic E-state index is 14.0. The van der Waals surface area contributed by atoms with Crippen LogP contribution in [0.4, 0.5) is 4.39 Å². The predicted molar refractivity (Wildman–Crippen MR) is 64.1 cm³/mol. The molecular weight excluding hydrogens is 259 g/mol. The van der Waals surface area contributed by atoms with Crippen LogP contribution >= 0.6 is 11.6 Å². The van der Waals surface area contributed by atoms with Crippen LogP contribution in [0.1, 0.15) is 15.9 Å². The van der Waals surface area contributed by atoms with Crippen molar-refractivity contribution in [2.24, 2.45) is 0 Å². The third-order valence-electron chi connectivity index (χ3n) is 2.43. The molecule has 0 saturated heterocycles. The molecule has 0 atom stereocenters. The van der Waals surface area contributed by atoms with Crippen molar-refractivity contribution in [2.45, 2.75) is 6.92 Å². The summed E-state index contributed by atoms with van der Waals surface area (Å²) in [7, 11) is 0. The lowest BCUT2D eigenvalue weighted by atomic mass is 10.0. The molecule has 1 aromatic heterocycles. The van der Waals surface area contributed by atoms with Gasteiger partial charge in [-0.25, -0.2) is 19.2 Å². The summed E-state index contributed by atoms with van der Waals surface area (Å²) in [5, 5.41) is 8.84. The molecule has 6 heteroatoms. The third-order valence-corrected chi connectivity index (χ3v) is 2.61. The molecule has 0 amide bonds. The van der Waals surface area contributed by atoms with Crippen LogP contribution in [-0.4, -0.2) is 21.0 Å². The molecule has 0 unspecified atom stereocenters. The number of rotatable bonds is 2. The molecule has 4 nitrogen and oxygen atoms in total. The van der Waals surface area contributed by atoms with Crippen molar-refractivity contribution in [3.8, 4) is 11.3 Å². The van der Waals surface area contributed by atoms with E-state index in [1.807, 2.05) is 0 Å². The fourth-order valence-corrected chi connectivity index (χ4v) is 1.71. The van der Waals surface area contributed by atoms with Crippen LogP contribution in [-0.2, 0) is 0 Å². The Hall–Kier alpha value is -2.01. The highest BCUT2D eigenvalue weighted by atomic mass is 35.5. The van der Waals surface area contributed by atoms with Crippen molar-refractivity contribution in [3.05, 3.63) is 46.6 Å². The van der Waals surface area contributed by atoms with Crippen molar-refractivity contribution in [2.75, 3.05) is 0 Å². The summed E-state index contributed by atoms with van der Waals surface area (Å²) in [6.07, 6.45) is 1.46. The third kappa shape index (κ3) is 2.17. The first kappa shape index (κ1) is 12.4. The van der Waals surface area contributed by atoms with Crippen molar-refractivity contribution in [1.29, 1.82) is 0 Å². The minimum atomic E-state index is -1.33. The summed E-state index contributed by atoms with van der Waals surface area (Å²) in [5.41, 5.74) is 0.592. The van der Waals surface area contributed by atoms with Gasteiger partial charge in [0.25, 0.3) is 0 Å². The molecule has 18 heavy (non-hydrogen) atoms. The molecule has 0 bridgehead atoms. The minimum Gasteiger partial charge on any atom is -0.478 e. The van der Waals surface area contributed by atoms with Crippen LogP contribution in [0.15, 0.2) is 24.4 Å². The summed E-state index contributed by atoms with van der Waals surface area (Å²) >= 11 is 5.66. The van der Waals surface area contributed by atoms with Crippen LogP contribution < -0.4 is 0 Å². The fraction of sp³-hybridized carbons (Fsp3) is 0.0833. The average Bonchev–Trinajstić information content (AvgIpc) is 2.32. The van der Waals surface area contributed by atoms with Gasteiger partial charge in [-0.1, -0.05) is 6.07 Å². The summed E-state index contributed by atoms with van der Waals surface area (Å²) in [4.78, 5) is 18.6. The second-order valence-electron chi connectivity index (χ2n) is 3.64. The van der Waals surface area contributed by atoms with Crippen molar-refractivity contribution < 1.29 is 14.3 Å². The smallest absolute Gasteiger partial charge is 0.338 e. The van der Waals surface area contributed by atoms with Crippen LogP contribution in [0.5, 0.6) is 0 Å². The molecule has 2 rings (SSSR count). The normalized spacial score (nSPS) is 10.4. The quantitative estimate of drug-likeness (QED) is 0.849. The predicted octanol–water partition coefficient (Wildman–Crippen LogP) is 2.94. The van der Waals surface area contributed by atoms with E-state index in [0.717, 1.165) is 0 Å². The lowest BCUT2D eigenvalue weighted by Gasteiger charge is -2.07. The summed E-state index contributed by atoms with van der Waals surface area (Å²) in [5.74, 6) is -2.16. The second-order valence-corrected chi connectivity index (χ2v) is 3.98. The summed E-state index contributed by atoms with van der Waals surface area (Å²) in [6, 6.07) is 4.10. The first-order valence-electron chi connectivity index (χ1n) is 5.02. The molecule has 0 saturated carbocycles. The Morgan fingerprint density at radius 3 is 2.83 bits per heavy atom. The van der Waals surface area contributed by atoms with Crippen LogP contribution in [0.2, 0.25) is 5.28 Å². The number of nitrogens with zero attached hydrogens (tertiary/aromatic N) is 2. The van der Waals surface area contributed by atoms with Gasteiger partial charge in [-0.05, 0) is 36.2 Å². The van der Waals surface area contributed by atoms with Gasteiger partial charge in [0.05, 0.1) is 11.3 Å². The number of aromatic nitrogens is 2. The molecule has 1 N–H and O–H groups in total. The van der Waals surface area contributed by atoms with Crippen molar-refractivity contribution >= 4 is 17.6 Å². The van der Waals surface area contributed by atoms with Gasteiger partial charge in [0, 0.05) is 11.8 Å². The van der Waals surface area contributed by atoms with Crippen LogP contribution in [0.3, 0.4) is 0 Å². The van der Waals surface area contributed by atoms with Gasteiger partial charge in [0.2, 0.25) is 5.28 Å². The SMILES string of the molecule is Cc1cnc(Cl)nc1-c1cccc(C(=O)O)c1F. The van der Waals surface area contributed by atoms with Gasteiger partial charge >= 0.3 is 5.97 Å². The number of carboxylic acid groups (broad SMARTS) is 1. The Balaban J connectivity index is 2.68. The second kappa shape index (κ2) is 4.70. The first-order chi connectivity index (χ1) is 8.50. The highest BCUT2D eigenvalue weighted by Gasteiger charge is 2.17. The lowest BCUT2D eigenvalue weighted by molar-refractivity contribution is 0.0692. The summed E-state index contributed by atoms with van der Waals surface area (Å²) in [6.45, 7) is 1.69. The zero-order valence-corrected chi connectivity index (χ0v) is 10.1. The van der Waals surface area contributed by atoms with Gasteiger partial charge in [-0.15, -0.1) is 0 Å². The van der Waals surface area contributed by atoms with E-state index in [0.29, 0.717) is 5.56 Å². The molecule has 0 fully saturated rings. The number of carboxylic acids is 1. The number of hydrogen-bond donors (Lipinski definition) is 1. The Kier molecular flexibility index (Phi) is 3.25. The molecule has 0 aliphatic carbocycles. The zero-order valence-electron chi connectivity index (χ0n) is 9.32. The van der Waals surface area contributed by atoms with Crippen molar-refractivity contribution in [3.63, 3.8) is 0 Å². The molecular formula is C12H8ClFN2O2. The van der Waals surface area contributed by atoms with E-state index in [1.165, 1.54) is 24.4 Å². The first-order valence-corrected chi connectivity index (χ1v) is 5.40. The van der Waals surface area contributed by atoms with E-state index in [9.17, 15) is 9.18 Å². The van der Waals surface area contributed by atoms with E-state index in [-0.39, 0.29) is 16.5 Å². The van der Waals surface area contributed by atoms with Crippen LogP contribution in [0, 0.1) is 12.7 Å². The lowest BCUT2D eigenvalue weighted by Crippen LogP contribution is -2.03. The molecule has 1 aromatic carbocycles.